The first kappa shape index (κ1) is 52.9. The fraction of sp³-hybridized carbons (Fsp3) is 0.308. The van der Waals surface area contributed by atoms with E-state index in [9.17, 15) is 19.2 Å². The summed E-state index contributed by atoms with van der Waals surface area (Å²) in [4.78, 5) is 46.3. The van der Waals surface area contributed by atoms with Crippen molar-refractivity contribution < 1.29 is 66.5 Å². The van der Waals surface area contributed by atoms with Crippen molar-refractivity contribution in [1.82, 2.24) is 0 Å². The van der Waals surface area contributed by atoms with Crippen LogP contribution < -0.4 is 37.9 Å². The average molecular weight is 909 g/mol. The van der Waals surface area contributed by atoms with E-state index in [2.05, 4.69) is 26.3 Å². The van der Waals surface area contributed by atoms with Crippen molar-refractivity contribution >= 4 is 23.9 Å². The summed E-state index contributed by atoms with van der Waals surface area (Å²) in [5.41, 5.74) is 4.36. The number of ether oxygens (including phenoxy) is 10. The fourth-order valence-corrected chi connectivity index (χ4v) is 5.72. The molecule has 0 radical (unpaired) electrons. The third-order valence-corrected chi connectivity index (χ3v) is 8.73. The van der Waals surface area contributed by atoms with Crippen molar-refractivity contribution in [2.75, 3.05) is 52.9 Å². The molecule has 14 nitrogen and oxygen atoms in total. The maximum atomic E-state index is 12.2. The van der Waals surface area contributed by atoms with Gasteiger partial charge in [0.1, 0.15) is 37.9 Å². The predicted molar refractivity (Wildman–Crippen MR) is 250 cm³/mol. The molecule has 0 saturated carbocycles. The van der Waals surface area contributed by atoms with E-state index in [4.69, 9.17) is 47.4 Å². The molecule has 0 amide bonds. The van der Waals surface area contributed by atoms with Crippen LogP contribution in [-0.2, 0) is 41.5 Å². The summed E-state index contributed by atoms with van der Waals surface area (Å²) in [5.74, 6) is 1.42. The van der Waals surface area contributed by atoms with Gasteiger partial charge in [-0.1, -0.05) is 62.7 Å². The van der Waals surface area contributed by atoms with Crippen LogP contribution in [0.25, 0.3) is 0 Å². The Morgan fingerprint density at radius 3 is 1.12 bits per heavy atom. The second kappa shape index (κ2) is 28.3. The Morgan fingerprint density at radius 2 is 0.803 bits per heavy atom. The Bertz CT molecular complexity index is 2120. The fourth-order valence-electron chi connectivity index (χ4n) is 5.72. The Labute approximate surface area is 387 Å². The van der Waals surface area contributed by atoms with Crippen LogP contribution in [0.3, 0.4) is 0 Å². The first-order chi connectivity index (χ1) is 31.8. The molecule has 0 aliphatic carbocycles. The molecule has 0 aliphatic heterocycles. The molecular formula is C52H60O14. The van der Waals surface area contributed by atoms with Crippen LogP contribution in [0.5, 0.6) is 46.0 Å². The molecule has 0 aliphatic rings. The van der Waals surface area contributed by atoms with Gasteiger partial charge in [-0.2, -0.15) is 0 Å². The number of benzene rings is 4. The van der Waals surface area contributed by atoms with Gasteiger partial charge < -0.3 is 47.4 Å². The molecule has 4 rings (SSSR count). The lowest BCUT2D eigenvalue weighted by molar-refractivity contribution is -0.139. The molecule has 4 aromatic carbocycles. The third kappa shape index (κ3) is 17.2. The Balaban J connectivity index is 0.000000361. The lowest BCUT2D eigenvalue weighted by Crippen LogP contribution is -2.12. The lowest BCUT2D eigenvalue weighted by atomic mass is 10.0. The van der Waals surface area contributed by atoms with Crippen LogP contribution in [0.15, 0.2) is 122 Å². The number of carbonyl (C=O) groups is 4. The smallest absolute Gasteiger partial charge is 0.338 e. The number of rotatable bonds is 26. The highest BCUT2D eigenvalue weighted by atomic mass is 16.6. The number of carbonyl (C=O) groups excluding carboxylic acids is 4. The Morgan fingerprint density at radius 1 is 0.455 bits per heavy atom. The monoisotopic (exact) mass is 908 g/mol. The quantitative estimate of drug-likeness (QED) is 0.0254. The highest BCUT2D eigenvalue weighted by molar-refractivity contribution is 5.90. The minimum atomic E-state index is -0.559. The number of hydrogen-bond donors (Lipinski definition) is 0. The van der Waals surface area contributed by atoms with E-state index in [1.54, 1.807) is 38.1 Å². The highest BCUT2D eigenvalue weighted by Crippen LogP contribution is 2.45. The van der Waals surface area contributed by atoms with Crippen LogP contribution >= 0.6 is 0 Å². The van der Waals surface area contributed by atoms with Gasteiger partial charge in [-0.05, 0) is 95.5 Å². The largest absolute Gasteiger partial charge is 0.490 e. The minimum Gasteiger partial charge on any atom is -0.490 e. The van der Waals surface area contributed by atoms with E-state index in [-0.39, 0.29) is 49.1 Å². The van der Waals surface area contributed by atoms with Crippen LogP contribution in [0, 0.1) is 0 Å². The van der Waals surface area contributed by atoms with E-state index in [0.717, 1.165) is 40.8 Å². The van der Waals surface area contributed by atoms with Crippen LogP contribution in [-0.4, -0.2) is 76.7 Å². The summed E-state index contributed by atoms with van der Waals surface area (Å²) in [6.45, 7) is 26.8. The van der Waals surface area contributed by atoms with Gasteiger partial charge in [0, 0.05) is 40.8 Å². The summed E-state index contributed by atoms with van der Waals surface area (Å²) < 4.78 is 55.4. The van der Waals surface area contributed by atoms with Gasteiger partial charge in [0.15, 0.2) is 23.0 Å². The van der Waals surface area contributed by atoms with E-state index < -0.39 is 23.9 Å². The second-order valence-corrected chi connectivity index (χ2v) is 13.9. The first-order valence-corrected chi connectivity index (χ1v) is 21.4. The molecule has 0 saturated heterocycles. The van der Waals surface area contributed by atoms with Gasteiger partial charge in [0.25, 0.3) is 0 Å². The van der Waals surface area contributed by atoms with Gasteiger partial charge in [-0.25, -0.2) is 19.2 Å². The van der Waals surface area contributed by atoms with Gasteiger partial charge in [0.2, 0.25) is 11.5 Å². The normalized spacial score (nSPS) is 10.2. The SMILES string of the molecule is C=C(C)C(=O)Oc1ccc(Cc2ccc(OC(=O)C(=C)C)c(OCC)c2OCC)c(OCC)c1OCC.C=CC(=O)OCCOc1ccc(Cc2ccc(OCCOC(=O)C=C)cc2)cc1. The number of esters is 4. The third-order valence-electron chi connectivity index (χ3n) is 8.73. The minimum absolute atomic E-state index is 0.178. The molecule has 0 N–H and O–H groups in total. The van der Waals surface area contributed by atoms with E-state index in [0.29, 0.717) is 67.3 Å². The number of hydrogen-bond acceptors (Lipinski definition) is 14. The zero-order valence-corrected chi connectivity index (χ0v) is 38.7. The molecular weight excluding hydrogens is 849 g/mol. The van der Waals surface area contributed by atoms with Crippen LogP contribution in [0.4, 0.5) is 0 Å². The molecule has 66 heavy (non-hydrogen) atoms. The molecule has 0 heterocycles. The second-order valence-electron chi connectivity index (χ2n) is 13.9. The van der Waals surface area contributed by atoms with Crippen LogP contribution in [0.2, 0.25) is 0 Å². The van der Waals surface area contributed by atoms with E-state index >= 15 is 0 Å². The molecule has 352 valence electrons. The van der Waals surface area contributed by atoms with Crippen molar-refractivity contribution in [3.05, 3.63) is 145 Å². The summed E-state index contributed by atoms with van der Waals surface area (Å²) in [6, 6.07) is 22.4. The summed E-state index contributed by atoms with van der Waals surface area (Å²) in [6.07, 6.45) is 3.38. The molecule has 0 atom stereocenters. The van der Waals surface area contributed by atoms with Gasteiger partial charge in [-0.15, -0.1) is 0 Å². The molecule has 0 aromatic heterocycles. The average Bonchev–Trinajstić information content (AvgIpc) is 3.31. The van der Waals surface area contributed by atoms with Gasteiger partial charge in [-0.3, -0.25) is 0 Å². The zero-order valence-electron chi connectivity index (χ0n) is 38.7. The zero-order chi connectivity index (χ0) is 48.4. The summed E-state index contributed by atoms with van der Waals surface area (Å²) in [7, 11) is 0. The van der Waals surface area contributed by atoms with Gasteiger partial charge >= 0.3 is 23.9 Å². The topological polar surface area (TPSA) is 161 Å². The summed E-state index contributed by atoms with van der Waals surface area (Å²) >= 11 is 0. The molecule has 14 heteroatoms. The van der Waals surface area contributed by atoms with Crippen molar-refractivity contribution in [1.29, 1.82) is 0 Å². The molecule has 0 spiro atoms. The highest BCUT2D eigenvalue weighted by Gasteiger charge is 2.24. The first-order valence-electron chi connectivity index (χ1n) is 21.4. The molecule has 0 unspecified atom stereocenters. The predicted octanol–water partition coefficient (Wildman–Crippen LogP) is 9.33. The van der Waals surface area contributed by atoms with E-state index in [1.165, 1.54) is 0 Å². The van der Waals surface area contributed by atoms with Crippen molar-refractivity contribution in [2.45, 2.75) is 54.4 Å². The standard InChI is InChI=1S/C29H36O8.C23H24O6/c1-9-32-24-20(13-15-22(26(24)34-11-3)36-28(30)18(5)6)17-21-14-16-23(37-29(31)19(7)8)27(35-12-4)25(21)33-10-2;1-3-22(24)28-15-13-26-20-9-5-18(6-10-20)17-19-7-11-21(12-8-19)27-14-16-29-23(25)4-2/h13-16H,5,7,9-12,17H2,1-4,6,8H3;3-12H,1-2,13-17H2. The molecule has 0 bridgehead atoms. The van der Waals surface area contributed by atoms with E-state index in [1.807, 2.05) is 76.2 Å². The van der Waals surface area contributed by atoms with Crippen molar-refractivity contribution in [3.63, 3.8) is 0 Å². The van der Waals surface area contributed by atoms with Crippen molar-refractivity contribution in [3.8, 4) is 46.0 Å². The molecule has 4 aromatic rings. The maximum Gasteiger partial charge on any atom is 0.338 e. The summed E-state index contributed by atoms with van der Waals surface area (Å²) in [5, 5.41) is 0. The lowest BCUT2D eigenvalue weighted by Gasteiger charge is -2.21. The maximum absolute atomic E-state index is 12.2. The molecule has 0 fully saturated rings. The van der Waals surface area contributed by atoms with Crippen LogP contribution in [0.1, 0.15) is 63.8 Å². The van der Waals surface area contributed by atoms with Gasteiger partial charge in [0.05, 0.1) is 26.4 Å². The Kier molecular flexibility index (Phi) is 22.7. The van der Waals surface area contributed by atoms with Crippen molar-refractivity contribution in [2.24, 2.45) is 0 Å². The Hall–Kier alpha value is -7.48.